The van der Waals surface area contributed by atoms with Gasteiger partial charge in [-0.15, -0.1) is 0 Å². The quantitative estimate of drug-likeness (QED) is 0.0408. The molecule has 0 saturated carbocycles. The number of hydrogen-bond acceptors (Lipinski definition) is 14. The van der Waals surface area contributed by atoms with Crippen LogP contribution < -0.4 is 115 Å². The monoisotopic (exact) mass is 965 g/mol. The number of carbonyl (C=O) groups excluding carboxylic acids is 5. The van der Waals surface area contributed by atoms with Gasteiger partial charge in [0.25, 0.3) is 23.6 Å². The molecule has 0 aliphatic heterocycles. The second kappa shape index (κ2) is 20.6. The molecule has 4 aromatic heterocycles. The number of fused-ring (bicyclic) bond motifs is 1. The van der Waals surface area contributed by atoms with Crippen LogP contribution in [0.15, 0.2) is 88.0 Å². The molecule has 6 aromatic rings. The number of aromatic nitrogens is 4. The molecule has 0 atom stereocenters. The third-order valence-electron chi connectivity index (χ3n) is 9.04. The van der Waals surface area contributed by atoms with Crippen molar-refractivity contribution in [1.82, 2.24) is 18.3 Å². The number of nitrogens with zero attached hydrogens (tertiary/aromatic N) is 4. The van der Waals surface area contributed by atoms with Gasteiger partial charge in [0.1, 0.15) is 53.1 Å². The predicted molar refractivity (Wildman–Crippen MR) is 211 cm³/mol. The van der Waals surface area contributed by atoms with E-state index < -0.39 is 85.1 Å². The SMILES string of the molecule is Cn1cc(NC=O)cc1C(=O)Nc1cc(C(=O)Nc2cc(C(=O)Nc3cc(C(=O)Nc4ccc(S(=O)(=O)[O-])c5cc(S(=O)(=O)[O-])cc(S(=O)(=O)[O-])c45)n(C)c3)n(C)c2)n(C)c1.[Na+].[Na+].[Na+]. The summed E-state index contributed by atoms with van der Waals surface area (Å²) in [5, 5.41) is 10.9. The minimum absolute atomic E-state index is 0. The van der Waals surface area contributed by atoms with Crippen molar-refractivity contribution in [2.24, 2.45) is 28.2 Å². The third-order valence-corrected chi connectivity index (χ3v) is 11.6. The molecule has 23 nitrogen and oxygen atoms in total. The van der Waals surface area contributed by atoms with E-state index in [1.54, 1.807) is 20.3 Å². The zero-order valence-electron chi connectivity index (χ0n) is 34.7. The number of nitrogens with one attached hydrogen (secondary N) is 5. The van der Waals surface area contributed by atoms with Crippen LogP contribution in [0.3, 0.4) is 0 Å². The summed E-state index contributed by atoms with van der Waals surface area (Å²) in [5.41, 5.74) is 0.618. The van der Waals surface area contributed by atoms with Crippen LogP contribution in [-0.2, 0) is 63.3 Å². The van der Waals surface area contributed by atoms with Crippen LogP contribution >= 0.6 is 0 Å². The summed E-state index contributed by atoms with van der Waals surface area (Å²) in [6.45, 7) is 0. The summed E-state index contributed by atoms with van der Waals surface area (Å²) in [6, 6.07) is 7.42. The average molecular weight is 966 g/mol. The fourth-order valence-electron chi connectivity index (χ4n) is 6.34. The molecule has 6 rings (SSSR count). The van der Waals surface area contributed by atoms with Gasteiger partial charge in [0.2, 0.25) is 6.41 Å². The number of hydrogen-bond donors (Lipinski definition) is 5. The topological polar surface area (TPSA) is 337 Å². The van der Waals surface area contributed by atoms with Gasteiger partial charge in [-0.1, -0.05) is 0 Å². The number of amides is 5. The van der Waals surface area contributed by atoms with Crippen LogP contribution in [0.1, 0.15) is 42.0 Å². The van der Waals surface area contributed by atoms with Crippen LogP contribution in [0.25, 0.3) is 10.8 Å². The Morgan fingerprint density at radius 3 is 1.22 bits per heavy atom. The first-order chi connectivity index (χ1) is 28.3. The van der Waals surface area contributed by atoms with E-state index in [2.05, 4.69) is 26.6 Å². The van der Waals surface area contributed by atoms with E-state index in [0.29, 0.717) is 29.9 Å². The molecule has 2 aromatic carbocycles. The fourth-order valence-corrected chi connectivity index (χ4v) is 8.35. The van der Waals surface area contributed by atoms with E-state index in [-0.39, 0.29) is 129 Å². The summed E-state index contributed by atoms with van der Waals surface area (Å²) >= 11 is 0. The molecule has 320 valence electrons. The third kappa shape index (κ3) is 11.8. The standard InChI is InChI=1S/C35H33N9O14S3.3Na/c1-41-13-18(36-17-45)7-25(41)32(46)37-19-8-26(42(2)14-19)33(47)38-20-9-27(43(3)15-20)34(48)39-21-10-28(44(4)16-21)35(49)40-24-5-6-29(60(53,54)55)23-11-22(59(50,51)52)12-30(31(23)24)61(56,57)58;;;/h5-17H,1-4H3,(H,36,45)(H,37,46)(H,38,47)(H,39,48)(H,40,49)(H,50,51,52)(H,53,54,55)(H,56,57,58);;;/q;3*+1/p-3. The minimum Gasteiger partial charge on any atom is -0.744 e. The first-order valence-electron chi connectivity index (χ1n) is 16.9. The summed E-state index contributed by atoms with van der Waals surface area (Å²) in [7, 11) is -10.6. The van der Waals surface area contributed by atoms with Crippen molar-refractivity contribution in [3.63, 3.8) is 0 Å². The Labute approximate surface area is 430 Å². The van der Waals surface area contributed by atoms with Gasteiger partial charge in [0, 0.05) is 63.8 Å². The molecule has 0 saturated heterocycles. The van der Waals surface area contributed by atoms with E-state index in [0.717, 1.165) is 6.07 Å². The molecule has 0 radical (unpaired) electrons. The molecule has 0 unspecified atom stereocenters. The fraction of sp³-hybridized carbons (Fsp3) is 0.114. The molecule has 0 spiro atoms. The molecule has 0 aliphatic carbocycles. The number of carbonyl (C=O) groups is 5. The van der Waals surface area contributed by atoms with Crippen molar-refractivity contribution in [2.45, 2.75) is 14.7 Å². The second-order valence-electron chi connectivity index (χ2n) is 13.3. The van der Waals surface area contributed by atoms with Crippen molar-refractivity contribution in [3.05, 3.63) is 96.1 Å². The Kier molecular flexibility index (Phi) is 17.5. The Morgan fingerprint density at radius 2 is 0.859 bits per heavy atom. The Balaban J connectivity index is 0.00000363. The van der Waals surface area contributed by atoms with Crippen molar-refractivity contribution >= 4 is 99.6 Å². The maximum atomic E-state index is 13.5. The molecular weight excluding hydrogens is 936 g/mol. The summed E-state index contributed by atoms with van der Waals surface area (Å²) in [4.78, 5) is 59.8. The van der Waals surface area contributed by atoms with E-state index in [1.807, 2.05) is 0 Å². The smallest absolute Gasteiger partial charge is 0.744 e. The van der Waals surface area contributed by atoms with Gasteiger partial charge >= 0.3 is 88.7 Å². The predicted octanol–water partition coefficient (Wildman–Crippen LogP) is -7.50. The zero-order chi connectivity index (χ0) is 44.9. The number of benzene rings is 2. The van der Waals surface area contributed by atoms with Crippen LogP contribution in [-0.4, -0.2) is 87.2 Å². The molecule has 0 aliphatic rings. The maximum Gasteiger partial charge on any atom is 1.00 e. The van der Waals surface area contributed by atoms with Gasteiger partial charge in [-0.3, -0.25) is 24.0 Å². The largest absolute Gasteiger partial charge is 1.00 e. The second-order valence-corrected chi connectivity index (χ2v) is 17.4. The molecular formula is C35H30N9Na3O14S3. The molecule has 0 bridgehead atoms. The van der Waals surface area contributed by atoms with Crippen LogP contribution in [0.2, 0.25) is 0 Å². The van der Waals surface area contributed by atoms with E-state index in [4.69, 9.17) is 0 Å². The van der Waals surface area contributed by atoms with Crippen molar-refractivity contribution in [2.75, 3.05) is 26.6 Å². The first-order valence-corrected chi connectivity index (χ1v) is 21.2. The van der Waals surface area contributed by atoms with E-state index in [1.165, 1.54) is 75.2 Å². The first kappa shape index (κ1) is 54.2. The van der Waals surface area contributed by atoms with Crippen molar-refractivity contribution in [1.29, 1.82) is 0 Å². The molecule has 29 heteroatoms. The average Bonchev–Trinajstić information content (AvgIpc) is 3.91. The zero-order valence-corrected chi connectivity index (χ0v) is 43.2. The number of anilines is 5. The number of rotatable bonds is 13. The molecule has 4 heterocycles. The molecule has 5 amide bonds. The summed E-state index contributed by atoms with van der Waals surface area (Å²) in [6.07, 6.45) is 6.28. The van der Waals surface area contributed by atoms with Crippen molar-refractivity contribution in [3.8, 4) is 0 Å². The molecule has 5 N–H and O–H groups in total. The maximum absolute atomic E-state index is 13.5. The summed E-state index contributed by atoms with van der Waals surface area (Å²) in [5.74, 6) is -2.83. The van der Waals surface area contributed by atoms with Crippen molar-refractivity contribution < 1.29 is 152 Å². The number of aryl methyl sites for hydroxylation is 4. The minimum atomic E-state index is -5.68. The Bertz CT molecular complexity index is 3210. The van der Waals surface area contributed by atoms with Crippen LogP contribution in [0, 0.1) is 0 Å². The van der Waals surface area contributed by atoms with Gasteiger partial charge in [-0.2, -0.15) is 0 Å². The van der Waals surface area contributed by atoms with Crippen LogP contribution in [0.4, 0.5) is 28.4 Å². The van der Waals surface area contributed by atoms with Gasteiger partial charge in [-0.05, 0) is 48.5 Å². The van der Waals surface area contributed by atoms with Crippen LogP contribution in [0.5, 0.6) is 0 Å². The van der Waals surface area contributed by atoms with Gasteiger partial charge in [0.15, 0.2) is 0 Å². The Hall–Kier alpha value is -4.10. The normalized spacial score (nSPS) is 11.4. The molecule has 0 fully saturated rings. The summed E-state index contributed by atoms with van der Waals surface area (Å²) < 4.78 is 114. The van der Waals surface area contributed by atoms with E-state index in [9.17, 15) is 62.9 Å². The van der Waals surface area contributed by atoms with Gasteiger partial charge < -0.3 is 58.5 Å². The molecule has 64 heavy (non-hydrogen) atoms. The van der Waals surface area contributed by atoms with E-state index >= 15 is 0 Å². The van der Waals surface area contributed by atoms with Gasteiger partial charge in [-0.25, -0.2) is 25.3 Å². The Morgan fingerprint density at radius 1 is 0.500 bits per heavy atom. The van der Waals surface area contributed by atoms with Gasteiger partial charge in [0.05, 0.1) is 43.1 Å².